The summed E-state index contributed by atoms with van der Waals surface area (Å²) in [5.74, 6) is 0.376. The van der Waals surface area contributed by atoms with Crippen LogP contribution in [0, 0.1) is 6.92 Å². The molecule has 0 atom stereocenters. The van der Waals surface area contributed by atoms with E-state index >= 15 is 0 Å². The van der Waals surface area contributed by atoms with E-state index in [9.17, 15) is 13.2 Å². The van der Waals surface area contributed by atoms with Crippen LogP contribution in [0.4, 0.5) is 13.2 Å². The fraction of sp³-hybridized carbons (Fsp3) is 0.538. The molecule has 1 aromatic rings. The van der Waals surface area contributed by atoms with Gasteiger partial charge in [-0.3, -0.25) is 9.98 Å². The molecule has 20 heavy (non-hydrogen) atoms. The number of hydrogen-bond acceptors (Lipinski definition) is 2. The van der Waals surface area contributed by atoms with Crippen molar-refractivity contribution < 1.29 is 13.2 Å². The summed E-state index contributed by atoms with van der Waals surface area (Å²) in [6, 6.07) is 1.93. The van der Waals surface area contributed by atoms with E-state index in [1.54, 1.807) is 12.4 Å². The quantitative estimate of drug-likeness (QED) is 0.644. The van der Waals surface area contributed by atoms with Crippen LogP contribution in [0.15, 0.2) is 23.5 Å². The zero-order chi connectivity index (χ0) is 15.0. The number of aryl methyl sites for hydroxylation is 1. The molecule has 0 radical (unpaired) electrons. The number of alkyl halides is 3. The third-order valence-corrected chi connectivity index (χ3v) is 2.75. The summed E-state index contributed by atoms with van der Waals surface area (Å²) in [6.07, 6.45) is -0.768. The Balaban J connectivity index is 2.30. The van der Waals surface area contributed by atoms with E-state index in [-0.39, 0.29) is 6.54 Å². The van der Waals surface area contributed by atoms with E-state index in [0.29, 0.717) is 12.5 Å². The molecule has 0 bridgehead atoms. The number of aliphatic imine (C=N–C) groups is 1. The van der Waals surface area contributed by atoms with Gasteiger partial charge in [-0.2, -0.15) is 13.2 Å². The molecule has 0 fully saturated rings. The summed E-state index contributed by atoms with van der Waals surface area (Å²) >= 11 is 0. The number of nitrogens with one attached hydrogen (secondary N) is 2. The van der Waals surface area contributed by atoms with Crippen molar-refractivity contribution in [2.45, 2.75) is 25.9 Å². The maximum atomic E-state index is 12.0. The van der Waals surface area contributed by atoms with E-state index in [1.165, 1.54) is 7.05 Å². The van der Waals surface area contributed by atoms with Crippen molar-refractivity contribution in [3.63, 3.8) is 0 Å². The zero-order valence-electron chi connectivity index (χ0n) is 11.6. The van der Waals surface area contributed by atoms with Gasteiger partial charge >= 0.3 is 6.18 Å². The Kier molecular flexibility index (Phi) is 6.27. The second-order valence-corrected chi connectivity index (χ2v) is 4.34. The molecule has 2 N–H and O–H groups in total. The van der Waals surface area contributed by atoms with Crippen molar-refractivity contribution in [2.75, 3.05) is 20.1 Å². The summed E-state index contributed by atoms with van der Waals surface area (Å²) in [7, 11) is 1.53. The molecule has 0 aromatic carbocycles. The lowest BCUT2D eigenvalue weighted by Gasteiger charge is -2.13. The predicted octanol–water partition coefficient (Wildman–Crippen LogP) is 2.05. The van der Waals surface area contributed by atoms with E-state index < -0.39 is 12.6 Å². The molecular formula is C13H19F3N4. The molecule has 0 saturated heterocycles. The molecule has 1 aromatic heterocycles. The minimum Gasteiger partial charge on any atom is -0.356 e. The lowest BCUT2D eigenvalue weighted by atomic mass is 10.1. The van der Waals surface area contributed by atoms with Gasteiger partial charge < -0.3 is 10.6 Å². The highest BCUT2D eigenvalue weighted by atomic mass is 19.4. The summed E-state index contributed by atoms with van der Waals surface area (Å²) in [4.78, 5) is 7.88. The Labute approximate surface area is 116 Å². The fourth-order valence-corrected chi connectivity index (χ4v) is 1.64. The number of guanidine groups is 1. The molecule has 0 unspecified atom stereocenters. The van der Waals surface area contributed by atoms with Crippen molar-refractivity contribution in [1.82, 2.24) is 15.6 Å². The summed E-state index contributed by atoms with van der Waals surface area (Å²) in [5.41, 5.74) is 2.24. The van der Waals surface area contributed by atoms with Crippen LogP contribution in [0.3, 0.4) is 0 Å². The number of halogens is 3. The van der Waals surface area contributed by atoms with Gasteiger partial charge in [-0.15, -0.1) is 0 Å². The van der Waals surface area contributed by atoms with Gasteiger partial charge in [0.25, 0.3) is 0 Å². The van der Waals surface area contributed by atoms with Crippen LogP contribution in [-0.2, 0) is 6.42 Å². The summed E-state index contributed by atoms with van der Waals surface area (Å²) in [6.45, 7) is 2.38. The topological polar surface area (TPSA) is 49.3 Å². The normalized spacial score (nSPS) is 12.3. The molecule has 0 spiro atoms. The Morgan fingerprint density at radius 1 is 1.30 bits per heavy atom. The van der Waals surface area contributed by atoms with Crippen LogP contribution in [0.25, 0.3) is 0 Å². The molecule has 1 rings (SSSR count). The largest absolute Gasteiger partial charge is 0.390 e. The average Bonchev–Trinajstić information content (AvgIpc) is 2.37. The third kappa shape index (κ3) is 6.40. The van der Waals surface area contributed by atoms with Gasteiger partial charge in [0, 0.05) is 32.5 Å². The molecular weight excluding hydrogens is 269 g/mol. The van der Waals surface area contributed by atoms with Crippen molar-refractivity contribution in [2.24, 2.45) is 4.99 Å². The van der Waals surface area contributed by atoms with Crippen molar-refractivity contribution in [3.05, 3.63) is 29.6 Å². The zero-order valence-corrected chi connectivity index (χ0v) is 11.6. The third-order valence-electron chi connectivity index (χ3n) is 2.75. The summed E-state index contributed by atoms with van der Waals surface area (Å²) < 4.78 is 36.1. The Morgan fingerprint density at radius 2 is 2.00 bits per heavy atom. The lowest BCUT2D eigenvalue weighted by molar-refractivity contribution is -0.132. The maximum absolute atomic E-state index is 12.0. The minimum absolute atomic E-state index is 0.183. The molecule has 0 aliphatic rings. The van der Waals surface area contributed by atoms with E-state index in [4.69, 9.17) is 0 Å². The number of pyridine rings is 1. The number of hydrogen-bond donors (Lipinski definition) is 2. The van der Waals surface area contributed by atoms with Crippen LogP contribution < -0.4 is 10.6 Å². The summed E-state index contributed by atoms with van der Waals surface area (Å²) in [5, 5.41) is 5.62. The van der Waals surface area contributed by atoms with Crippen LogP contribution in [0.1, 0.15) is 17.5 Å². The number of nitrogens with zero attached hydrogens (tertiary/aromatic N) is 2. The van der Waals surface area contributed by atoms with Crippen molar-refractivity contribution in [1.29, 1.82) is 0 Å². The standard InChI is InChI=1S/C13H19F3N4/c1-10-9-18-6-3-11(10)4-7-19-12(17-2)20-8-5-13(14,15)16/h3,6,9H,4-5,7-8H2,1-2H3,(H2,17,19,20). The first-order valence-corrected chi connectivity index (χ1v) is 6.33. The monoisotopic (exact) mass is 288 g/mol. The molecule has 0 aliphatic carbocycles. The maximum Gasteiger partial charge on any atom is 0.390 e. The molecule has 0 saturated carbocycles. The SMILES string of the molecule is CN=C(NCCc1ccncc1C)NCCC(F)(F)F. The van der Waals surface area contributed by atoms with E-state index in [1.807, 2.05) is 13.0 Å². The lowest BCUT2D eigenvalue weighted by Crippen LogP contribution is -2.39. The second kappa shape index (κ2) is 7.72. The van der Waals surface area contributed by atoms with Gasteiger partial charge in [0.2, 0.25) is 0 Å². The Bertz CT molecular complexity index is 443. The number of aromatic nitrogens is 1. The first-order valence-electron chi connectivity index (χ1n) is 6.33. The predicted molar refractivity (Wildman–Crippen MR) is 72.7 cm³/mol. The van der Waals surface area contributed by atoms with Crippen LogP contribution >= 0.6 is 0 Å². The highest BCUT2D eigenvalue weighted by Crippen LogP contribution is 2.17. The van der Waals surface area contributed by atoms with Crippen LogP contribution in [-0.4, -0.2) is 37.3 Å². The second-order valence-electron chi connectivity index (χ2n) is 4.34. The van der Waals surface area contributed by atoms with Crippen LogP contribution in [0.2, 0.25) is 0 Å². The Hall–Kier alpha value is -1.79. The van der Waals surface area contributed by atoms with Gasteiger partial charge in [-0.05, 0) is 30.5 Å². The van der Waals surface area contributed by atoms with Gasteiger partial charge in [0.05, 0.1) is 6.42 Å². The first kappa shape index (κ1) is 16.3. The molecule has 1 heterocycles. The average molecular weight is 288 g/mol. The molecule has 4 nitrogen and oxygen atoms in total. The van der Waals surface area contributed by atoms with Crippen molar-refractivity contribution in [3.8, 4) is 0 Å². The molecule has 7 heteroatoms. The van der Waals surface area contributed by atoms with Gasteiger partial charge in [0.15, 0.2) is 5.96 Å². The van der Waals surface area contributed by atoms with Gasteiger partial charge in [-0.1, -0.05) is 0 Å². The van der Waals surface area contributed by atoms with E-state index in [2.05, 4.69) is 20.6 Å². The first-order chi connectivity index (χ1) is 9.42. The number of rotatable bonds is 5. The Morgan fingerprint density at radius 3 is 2.60 bits per heavy atom. The molecule has 112 valence electrons. The highest BCUT2D eigenvalue weighted by Gasteiger charge is 2.26. The minimum atomic E-state index is -4.15. The highest BCUT2D eigenvalue weighted by molar-refractivity contribution is 5.79. The molecule has 0 amide bonds. The van der Waals surface area contributed by atoms with Gasteiger partial charge in [-0.25, -0.2) is 0 Å². The van der Waals surface area contributed by atoms with E-state index in [0.717, 1.165) is 17.5 Å². The molecule has 0 aliphatic heterocycles. The smallest absolute Gasteiger partial charge is 0.356 e. The van der Waals surface area contributed by atoms with Crippen molar-refractivity contribution >= 4 is 5.96 Å². The van der Waals surface area contributed by atoms with Gasteiger partial charge in [0.1, 0.15) is 0 Å². The van der Waals surface area contributed by atoms with Crippen LogP contribution in [0.5, 0.6) is 0 Å². The fourth-order valence-electron chi connectivity index (χ4n) is 1.64.